The summed E-state index contributed by atoms with van der Waals surface area (Å²) >= 11 is 0. The zero-order chi connectivity index (χ0) is 38.4. The summed E-state index contributed by atoms with van der Waals surface area (Å²) in [5.74, 6) is 0.447. The van der Waals surface area contributed by atoms with Crippen molar-refractivity contribution < 1.29 is 76.3 Å². The Hall–Kier alpha value is -4.05. The molecule has 4 aromatic rings. The van der Waals surface area contributed by atoms with E-state index in [1.807, 2.05) is 0 Å². The van der Waals surface area contributed by atoms with Crippen molar-refractivity contribution in [1.29, 1.82) is 0 Å². The molecule has 0 saturated carbocycles. The molecule has 2 heterocycles. The SMILES string of the molecule is COc1ccc(C2(c3ccc(OC)cc3)CP3(c4ccccc4C([O-])(C(F)(F)F)C(F)(F)F)(O2)OC(C(F)(F)F)(C(F)(F)F)c2ccccc23)cc1. The number of alkyl halides is 12. The second kappa shape index (κ2) is 11.5. The number of benzene rings is 4. The van der Waals surface area contributed by atoms with E-state index >= 15 is 26.3 Å². The van der Waals surface area contributed by atoms with E-state index in [2.05, 4.69) is 0 Å². The van der Waals surface area contributed by atoms with Crippen molar-refractivity contribution in [1.82, 2.24) is 0 Å². The van der Waals surface area contributed by atoms with Crippen molar-refractivity contribution in [2.75, 3.05) is 20.4 Å². The Balaban J connectivity index is 1.80. The topological polar surface area (TPSA) is 60.0 Å². The van der Waals surface area contributed by atoms with Gasteiger partial charge in [0.25, 0.3) is 0 Å². The van der Waals surface area contributed by atoms with E-state index in [0.717, 1.165) is 18.2 Å². The molecule has 4 aromatic carbocycles. The van der Waals surface area contributed by atoms with Crippen molar-refractivity contribution >= 4 is 17.7 Å². The fourth-order valence-electron chi connectivity index (χ4n) is 7.16. The maximum absolute atomic E-state index is 15.2. The summed E-state index contributed by atoms with van der Waals surface area (Å²) in [6.45, 7) is 0. The van der Waals surface area contributed by atoms with Gasteiger partial charge >= 0.3 is 287 Å². The molecular weight excluding hydrogens is 747 g/mol. The van der Waals surface area contributed by atoms with E-state index in [9.17, 15) is 31.4 Å². The van der Waals surface area contributed by atoms with Crippen LogP contribution >= 0.6 is 7.06 Å². The normalized spacial score (nSPS) is 19.9. The van der Waals surface area contributed by atoms with Gasteiger partial charge in [-0.25, -0.2) is 0 Å². The van der Waals surface area contributed by atoms with E-state index in [1.54, 1.807) is 0 Å². The summed E-state index contributed by atoms with van der Waals surface area (Å²) in [6, 6.07) is 15.1. The monoisotopic (exact) mass is 771 g/mol. The Morgan fingerprint density at radius 1 is 0.577 bits per heavy atom. The van der Waals surface area contributed by atoms with Crippen molar-refractivity contribution in [3.63, 3.8) is 0 Å². The van der Waals surface area contributed by atoms with Gasteiger partial charge in [0.1, 0.15) is 0 Å². The van der Waals surface area contributed by atoms with Crippen molar-refractivity contribution in [3.8, 4) is 11.5 Å². The predicted octanol–water partition coefficient (Wildman–Crippen LogP) is 8.04. The summed E-state index contributed by atoms with van der Waals surface area (Å²) in [7, 11) is -4.11. The molecule has 280 valence electrons. The molecule has 2 aliphatic rings. The van der Waals surface area contributed by atoms with Gasteiger partial charge in [-0.2, -0.15) is 0 Å². The van der Waals surface area contributed by atoms with Gasteiger partial charge in [-0.3, -0.25) is 0 Å². The van der Waals surface area contributed by atoms with Crippen LogP contribution in [-0.2, 0) is 25.9 Å². The van der Waals surface area contributed by atoms with E-state index in [4.69, 9.17) is 18.5 Å². The van der Waals surface area contributed by atoms with Gasteiger partial charge in [0.05, 0.1) is 0 Å². The Kier molecular flexibility index (Phi) is 8.32. The first kappa shape index (κ1) is 37.7. The van der Waals surface area contributed by atoms with Crippen LogP contribution in [0.25, 0.3) is 0 Å². The maximum atomic E-state index is 15.2. The van der Waals surface area contributed by atoms with Crippen LogP contribution in [0.4, 0.5) is 52.7 Å². The zero-order valence-corrected chi connectivity index (χ0v) is 27.4. The molecule has 1 fully saturated rings. The minimum atomic E-state index is -6.72. The number of hydrogen-bond acceptors (Lipinski definition) is 5. The summed E-state index contributed by atoms with van der Waals surface area (Å²) in [5, 5.41) is 10.8. The van der Waals surface area contributed by atoms with Crippen LogP contribution < -0.4 is 25.2 Å². The van der Waals surface area contributed by atoms with E-state index in [0.29, 0.717) is 24.3 Å². The number of fused-ring (bicyclic) bond motifs is 2. The minimum absolute atomic E-state index is 0.0103. The zero-order valence-electron chi connectivity index (χ0n) is 26.5. The molecule has 0 aliphatic carbocycles. The van der Waals surface area contributed by atoms with Crippen LogP contribution in [0.5, 0.6) is 11.5 Å². The summed E-state index contributed by atoms with van der Waals surface area (Å²) < 4.78 is 200. The second-order valence-corrected chi connectivity index (χ2v) is 16.0. The number of ether oxygens (including phenoxy) is 2. The van der Waals surface area contributed by atoms with E-state index in [-0.39, 0.29) is 28.7 Å². The molecule has 1 spiro atoms. The van der Waals surface area contributed by atoms with Crippen LogP contribution in [0.1, 0.15) is 22.3 Å². The first-order valence-corrected chi connectivity index (χ1v) is 17.1. The fraction of sp³-hybridized carbons (Fsp3) is 0.294. The van der Waals surface area contributed by atoms with Crippen molar-refractivity contribution in [2.45, 2.75) is 41.5 Å². The van der Waals surface area contributed by atoms with Crippen molar-refractivity contribution in [2.24, 2.45) is 0 Å². The number of methoxy groups -OCH3 is 2. The van der Waals surface area contributed by atoms with Gasteiger partial charge in [0.2, 0.25) is 0 Å². The molecular formula is C34H24F12O5P-. The summed E-state index contributed by atoms with van der Waals surface area (Å²) in [4.78, 5) is 0. The van der Waals surface area contributed by atoms with Crippen molar-refractivity contribution in [3.05, 3.63) is 119 Å². The molecule has 2 aliphatic heterocycles. The van der Waals surface area contributed by atoms with Crippen LogP contribution in [-0.4, -0.2) is 45.1 Å². The van der Waals surface area contributed by atoms with Gasteiger partial charge < -0.3 is 0 Å². The van der Waals surface area contributed by atoms with E-state index in [1.165, 1.54) is 62.8 Å². The molecule has 18 heteroatoms. The molecule has 1 saturated heterocycles. The number of hydrogen-bond donors (Lipinski definition) is 0. The standard InChI is InChI=1S/C34H24F12O5P/c1-48-22-15-11-20(12-16-22)28(21-13-17-23(49-2)18-14-21)19-52(50-28,26-9-5-3-7-24(26)29(47,31(35,36)37)32(38,39)40)27-10-6-4-8-25(27)30(51-52,33(41,42)43)34(44,45)46/h3-18H,19H2,1-2H3/q-1. The summed E-state index contributed by atoms with van der Waals surface area (Å²) in [5.41, 5.74) is -17.5. The molecule has 0 N–H and O–H groups in total. The van der Waals surface area contributed by atoms with E-state index < -0.39 is 76.5 Å². The fourth-order valence-corrected chi connectivity index (χ4v) is 13.4. The number of halogens is 12. The molecule has 0 atom stereocenters. The molecule has 5 nitrogen and oxygen atoms in total. The molecule has 0 bridgehead atoms. The molecule has 0 aromatic heterocycles. The average molecular weight is 772 g/mol. The molecule has 52 heavy (non-hydrogen) atoms. The predicted molar refractivity (Wildman–Crippen MR) is 160 cm³/mol. The van der Waals surface area contributed by atoms with Crippen LogP contribution in [0, 0.1) is 0 Å². The quantitative estimate of drug-likeness (QED) is 0.147. The molecule has 6 rings (SSSR count). The van der Waals surface area contributed by atoms with Crippen LogP contribution in [0.2, 0.25) is 0 Å². The van der Waals surface area contributed by atoms with Gasteiger partial charge in [-0.1, -0.05) is 0 Å². The van der Waals surface area contributed by atoms with Gasteiger partial charge in [0, 0.05) is 0 Å². The first-order valence-electron chi connectivity index (χ1n) is 14.9. The first-order chi connectivity index (χ1) is 24.0. The Morgan fingerprint density at radius 3 is 1.38 bits per heavy atom. The average Bonchev–Trinajstić information content (AvgIpc) is 3.37. The van der Waals surface area contributed by atoms with Gasteiger partial charge in [-0.15, -0.1) is 0 Å². The Labute approximate surface area is 286 Å². The third-order valence-electron chi connectivity index (χ3n) is 9.44. The molecule has 0 unspecified atom stereocenters. The Bertz CT molecular complexity index is 1900. The summed E-state index contributed by atoms with van der Waals surface area (Å²) in [6.07, 6.45) is -27.5. The van der Waals surface area contributed by atoms with Gasteiger partial charge in [-0.05, 0) is 0 Å². The molecule has 0 radical (unpaired) electrons. The third kappa shape index (κ3) is 4.81. The van der Waals surface area contributed by atoms with Crippen LogP contribution in [0.3, 0.4) is 0 Å². The second-order valence-electron chi connectivity index (χ2n) is 12.1. The number of rotatable bonds is 6. The third-order valence-corrected chi connectivity index (χ3v) is 14.5. The van der Waals surface area contributed by atoms with Crippen LogP contribution in [0.15, 0.2) is 97.1 Å². The Morgan fingerprint density at radius 2 is 0.981 bits per heavy atom. The molecule has 0 amide bonds. The van der Waals surface area contributed by atoms with Gasteiger partial charge in [0.15, 0.2) is 0 Å².